The fraction of sp³-hybridized carbons (Fsp3) is 0.444. The first kappa shape index (κ1) is 17.9. The number of nitrogens with zero attached hydrogens (tertiary/aromatic N) is 4. The number of hydrogen-bond acceptors (Lipinski definition) is 5. The molecule has 1 amide bonds. The number of methoxy groups -OCH3 is 1. The van der Waals surface area contributed by atoms with Gasteiger partial charge in [0.15, 0.2) is 5.69 Å². The van der Waals surface area contributed by atoms with E-state index in [1.165, 1.54) is 0 Å². The minimum Gasteiger partial charge on any atom is -0.497 e. The number of ether oxygens (including phenoxy) is 1. The van der Waals surface area contributed by atoms with Gasteiger partial charge in [-0.05, 0) is 43.5 Å². The van der Waals surface area contributed by atoms with Crippen LogP contribution < -0.4 is 4.74 Å². The molecule has 1 aromatic carbocycles. The minimum atomic E-state index is -0.800. The lowest BCUT2D eigenvalue weighted by Gasteiger charge is -2.34. The van der Waals surface area contributed by atoms with Gasteiger partial charge in [-0.1, -0.05) is 12.1 Å². The average Bonchev–Trinajstić information content (AvgIpc) is 3.02. The molecule has 8 heteroatoms. The first-order valence-corrected chi connectivity index (χ1v) is 8.51. The summed E-state index contributed by atoms with van der Waals surface area (Å²) in [6.07, 6.45) is 0.452. The van der Waals surface area contributed by atoms with Gasteiger partial charge in [0.25, 0.3) is 5.91 Å². The molecule has 1 aliphatic heterocycles. The predicted octanol–water partition coefficient (Wildman–Crippen LogP) is 1.77. The maximum absolute atomic E-state index is 12.8. The van der Waals surface area contributed by atoms with Crippen LogP contribution in [0.25, 0.3) is 5.69 Å². The van der Waals surface area contributed by atoms with Gasteiger partial charge in [0, 0.05) is 13.1 Å². The molecular weight excluding hydrogens is 336 g/mol. The molecule has 8 nitrogen and oxygen atoms in total. The minimum absolute atomic E-state index is 0.0952. The lowest BCUT2D eigenvalue weighted by Crippen LogP contribution is -2.45. The van der Waals surface area contributed by atoms with E-state index in [0.717, 1.165) is 11.4 Å². The van der Waals surface area contributed by atoms with Gasteiger partial charge in [-0.3, -0.25) is 9.59 Å². The SMILES string of the molecule is COc1ccc(-n2nnc(C(=O)N3CCC(C(=O)O)C(C)C3)c2C)cc1. The number of benzene rings is 1. The van der Waals surface area contributed by atoms with Crippen LogP contribution in [0.5, 0.6) is 5.75 Å². The fourth-order valence-electron chi connectivity index (χ4n) is 3.34. The Hall–Kier alpha value is -2.90. The van der Waals surface area contributed by atoms with Crippen LogP contribution in [0.4, 0.5) is 0 Å². The second kappa shape index (κ2) is 7.15. The summed E-state index contributed by atoms with van der Waals surface area (Å²) in [5.74, 6) is -0.778. The Morgan fingerprint density at radius 1 is 1.27 bits per heavy atom. The molecule has 1 saturated heterocycles. The number of amides is 1. The average molecular weight is 358 g/mol. The van der Waals surface area contributed by atoms with E-state index in [-0.39, 0.29) is 11.8 Å². The largest absolute Gasteiger partial charge is 0.497 e. The molecule has 3 rings (SSSR count). The van der Waals surface area contributed by atoms with Crippen LogP contribution in [0.1, 0.15) is 29.5 Å². The van der Waals surface area contributed by atoms with E-state index in [0.29, 0.717) is 30.9 Å². The monoisotopic (exact) mass is 358 g/mol. The third-order valence-electron chi connectivity index (χ3n) is 4.92. The molecule has 1 aliphatic rings. The Kier molecular flexibility index (Phi) is 4.92. The standard InChI is InChI=1S/C18H22N4O4/c1-11-10-21(9-8-15(11)18(24)25)17(23)16-12(2)22(20-19-16)13-4-6-14(26-3)7-5-13/h4-7,11,15H,8-10H2,1-3H3,(H,24,25). The molecule has 0 aliphatic carbocycles. The lowest BCUT2D eigenvalue weighted by molar-refractivity contribution is -0.145. The fourth-order valence-corrected chi connectivity index (χ4v) is 3.34. The zero-order chi connectivity index (χ0) is 18.8. The van der Waals surface area contributed by atoms with Crippen molar-refractivity contribution in [2.45, 2.75) is 20.3 Å². The number of aliphatic carboxylic acids is 1. The molecular formula is C18H22N4O4. The highest BCUT2D eigenvalue weighted by Crippen LogP contribution is 2.25. The van der Waals surface area contributed by atoms with Crippen LogP contribution >= 0.6 is 0 Å². The molecule has 0 radical (unpaired) electrons. The summed E-state index contributed by atoms with van der Waals surface area (Å²) in [7, 11) is 1.60. The van der Waals surface area contributed by atoms with Crippen LogP contribution in [0.15, 0.2) is 24.3 Å². The number of piperidine rings is 1. The number of likely N-dealkylation sites (tertiary alicyclic amines) is 1. The van der Waals surface area contributed by atoms with Crippen molar-refractivity contribution in [2.24, 2.45) is 11.8 Å². The van der Waals surface area contributed by atoms with Crippen molar-refractivity contribution in [3.8, 4) is 11.4 Å². The van der Waals surface area contributed by atoms with E-state index in [1.54, 1.807) is 23.6 Å². The zero-order valence-electron chi connectivity index (χ0n) is 15.0. The number of rotatable bonds is 4. The van der Waals surface area contributed by atoms with Gasteiger partial charge in [0.05, 0.1) is 24.4 Å². The van der Waals surface area contributed by atoms with Gasteiger partial charge in [0.2, 0.25) is 0 Å². The van der Waals surface area contributed by atoms with Crippen molar-refractivity contribution in [1.82, 2.24) is 19.9 Å². The summed E-state index contributed by atoms with van der Waals surface area (Å²) in [6.45, 7) is 4.48. The van der Waals surface area contributed by atoms with Crippen molar-refractivity contribution in [3.05, 3.63) is 35.7 Å². The number of carboxylic acid groups (broad SMARTS) is 1. The van der Waals surface area contributed by atoms with Crippen LogP contribution in [0.2, 0.25) is 0 Å². The molecule has 2 atom stereocenters. The van der Waals surface area contributed by atoms with E-state index in [4.69, 9.17) is 4.74 Å². The lowest BCUT2D eigenvalue weighted by atomic mass is 9.87. The molecule has 0 bridgehead atoms. The Balaban J connectivity index is 1.79. The van der Waals surface area contributed by atoms with Gasteiger partial charge >= 0.3 is 5.97 Å². The molecule has 26 heavy (non-hydrogen) atoms. The van der Waals surface area contributed by atoms with Gasteiger partial charge in [0.1, 0.15) is 5.75 Å². The van der Waals surface area contributed by atoms with Gasteiger partial charge < -0.3 is 14.7 Å². The normalized spacial score (nSPS) is 20.0. The number of hydrogen-bond donors (Lipinski definition) is 1. The van der Waals surface area contributed by atoms with Crippen LogP contribution in [-0.2, 0) is 4.79 Å². The molecule has 0 spiro atoms. The molecule has 1 N–H and O–H groups in total. The van der Waals surface area contributed by atoms with E-state index in [1.807, 2.05) is 31.2 Å². The topological polar surface area (TPSA) is 97.5 Å². The molecule has 2 unspecified atom stereocenters. The summed E-state index contributed by atoms with van der Waals surface area (Å²) in [4.78, 5) is 25.7. The third kappa shape index (κ3) is 3.26. The molecule has 2 aromatic rings. The maximum Gasteiger partial charge on any atom is 0.306 e. The highest BCUT2D eigenvalue weighted by molar-refractivity contribution is 5.93. The number of carbonyl (C=O) groups is 2. The highest BCUT2D eigenvalue weighted by Gasteiger charge is 2.34. The maximum atomic E-state index is 12.8. The summed E-state index contributed by atoms with van der Waals surface area (Å²) in [5, 5.41) is 17.4. The van der Waals surface area contributed by atoms with Gasteiger partial charge in [-0.2, -0.15) is 0 Å². The van der Waals surface area contributed by atoms with E-state index >= 15 is 0 Å². The molecule has 2 heterocycles. The van der Waals surface area contributed by atoms with E-state index in [2.05, 4.69) is 10.3 Å². The van der Waals surface area contributed by atoms with E-state index in [9.17, 15) is 14.7 Å². The summed E-state index contributed by atoms with van der Waals surface area (Å²) in [6, 6.07) is 7.32. The number of carboxylic acids is 1. The van der Waals surface area contributed by atoms with Crippen LogP contribution in [0, 0.1) is 18.8 Å². The third-order valence-corrected chi connectivity index (χ3v) is 4.92. The smallest absolute Gasteiger partial charge is 0.306 e. The first-order chi connectivity index (χ1) is 12.4. The molecule has 1 aromatic heterocycles. The molecule has 138 valence electrons. The zero-order valence-corrected chi connectivity index (χ0v) is 15.0. The van der Waals surface area contributed by atoms with Gasteiger partial charge in [-0.25, -0.2) is 4.68 Å². The second-order valence-electron chi connectivity index (χ2n) is 6.60. The Morgan fingerprint density at radius 2 is 1.96 bits per heavy atom. The highest BCUT2D eigenvalue weighted by atomic mass is 16.5. The second-order valence-corrected chi connectivity index (χ2v) is 6.60. The quantitative estimate of drug-likeness (QED) is 0.894. The van der Waals surface area contributed by atoms with Crippen molar-refractivity contribution in [2.75, 3.05) is 20.2 Å². The Labute approximate surface area is 151 Å². The molecule has 1 fully saturated rings. The first-order valence-electron chi connectivity index (χ1n) is 8.51. The summed E-state index contributed by atoms with van der Waals surface area (Å²) < 4.78 is 6.76. The Morgan fingerprint density at radius 3 is 2.54 bits per heavy atom. The van der Waals surface area contributed by atoms with Crippen molar-refractivity contribution < 1.29 is 19.4 Å². The van der Waals surface area contributed by atoms with Crippen LogP contribution in [-0.4, -0.2) is 57.1 Å². The Bertz CT molecular complexity index is 815. The predicted molar refractivity (Wildman–Crippen MR) is 93.5 cm³/mol. The number of aromatic nitrogens is 3. The van der Waals surface area contributed by atoms with Crippen molar-refractivity contribution in [1.29, 1.82) is 0 Å². The molecule has 0 saturated carbocycles. The van der Waals surface area contributed by atoms with Crippen molar-refractivity contribution >= 4 is 11.9 Å². The van der Waals surface area contributed by atoms with Crippen LogP contribution in [0.3, 0.4) is 0 Å². The van der Waals surface area contributed by atoms with E-state index < -0.39 is 11.9 Å². The van der Waals surface area contributed by atoms with Crippen molar-refractivity contribution in [3.63, 3.8) is 0 Å². The van der Waals surface area contributed by atoms with Gasteiger partial charge in [-0.15, -0.1) is 5.10 Å². The summed E-state index contributed by atoms with van der Waals surface area (Å²) in [5.41, 5.74) is 1.72. The number of carbonyl (C=O) groups excluding carboxylic acids is 1. The summed E-state index contributed by atoms with van der Waals surface area (Å²) >= 11 is 0.